The van der Waals surface area contributed by atoms with Crippen molar-refractivity contribution in [1.82, 2.24) is 20.1 Å². The lowest BCUT2D eigenvalue weighted by Crippen LogP contribution is -2.30. The summed E-state index contributed by atoms with van der Waals surface area (Å²) in [6.07, 6.45) is -1.34. The fourth-order valence-corrected chi connectivity index (χ4v) is 3.89. The Hall–Kier alpha value is -4.26. The summed E-state index contributed by atoms with van der Waals surface area (Å²) in [6.45, 7) is 4.10. The van der Waals surface area contributed by atoms with Crippen LogP contribution in [-0.4, -0.2) is 26.6 Å². The molecule has 0 saturated heterocycles. The van der Waals surface area contributed by atoms with Gasteiger partial charge < -0.3 is 4.74 Å². The standard InChI is InChI=1S/C26H23N5O2/c1-17-12-14-20(15-13-17)23-21-10-6-7-11-22(21)31-18(2)29-30-25(31)24(27-23)28-26(32)33-16-19-8-4-3-5-9-19/h3-15,24H,16H2,1-2H3,(H,28,32). The van der Waals surface area contributed by atoms with Crippen LogP contribution in [0.4, 0.5) is 4.79 Å². The summed E-state index contributed by atoms with van der Waals surface area (Å²) in [5, 5.41) is 11.5. The zero-order valence-electron chi connectivity index (χ0n) is 18.4. The van der Waals surface area contributed by atoms with Crippen molar-refractivity contribution in [1.29, 1.82) is 0 Å². The second kappa shape index (κ2) is 8.70. The SMILES string of the molecule is Cc1ccc(C2=NC(NC(=O)OCc3ccccc3)c3nnc(C)n3-c3ccccc32)cc1. The van der Waals surface area contributed by atoms with Gasteiger partial charge in [0, 0.05) is 11.1 Å². The molecule has 7 heteroatoms. The maximum atomic E-state index is 12.7. The molecule has 0 fully saturated rings. The molecular formula is C26H23N5O2. The van der Waals surface area contributed by atoms with Gasteiger partial charge in [-0.2, -0.15) is 0 Å². The van der Waals surface area contributed by atoms with Gasteiger partial charge in [-0.3, -0.25) is 14.9 Å². The second-order valence-corrected chi connectivity index (χ2v) is 7.91. The number of nitrogens with zero attached hydrogens (tertiary/aromatic N) is 4. The number of aromatic nitrogens is 3. The molecule has 0 aliphatic carbocycles. The van der Waals surface area contributed by atoms with Crippen molar-refractivity contribution < 1.29 is 9.53 Å². The molecule has 164 valence electrons. The van der Waals surface area contributed by atoms with Gasteiger partial charge >= 0.3 is 6.09 Å². The highest BCUT2D eigenvalue weighted by Gasteiger charge is 2.29. The molecule has 4 aromatic rings. The van der Waals surface area contributed by atoms with Gasteiger partial charge in [0.15, 0.2) is 12.0 Å². The van der Waals surface area contributed by atoms with E-state index in [-0.39, 0.29) is 6.61 Å². The molecule has 1 aliphatic rings. The molecule has 1 N–H and O–H groups in total. The Bertz CT molecular complexity index is 1330. The van der Waals surface area contributed by atoms with Crippen molar-refractivity contribution in [3.8, 4) is 5.69 Å². The summed E-state index contributed by atoms with van der Waals surface area (Å²) in [5.41, 5.74) is 5.64. The van der Waals surface area contributed by atoms with E-state index in [1.807, 2.05) is 97.3 Å². The summed E-state index contributed by atoms with van der Waals surface area (Å²) in [4.78, 5) is 17.7. The van der Waals surface area contributed by atoms with E-state index in [1.54, 1.807) is 0 Å². The molecule has 1 aliphatic heterocycles. The minimum atomic E-state index is -0.766. The van der Waals surface area contributed by atoms with E-state index in [0.717, 1.165) is 33.7 Å². The number of hydrogen-bond acceptors (Lipinski definition) is 5. The van der Waals surface area contributed by atoms with E-state index in [9.17, 15) is 4.79 Å². The normalized spacial score (nSPS) is 14.5. The fourth-order valence-electron chi connectivity index (χ4n) is 3.89. The zero-order chi connectivity index (χ0) is 22.8. The Morgan fingerprint density at radius 3 is 2.45 bits per heavy atom. The third-order valence-corrected chi connectivity index (χ3v) is 5.55. The van der Waals surface area contributed by atoms with E-state index in [1.165, 1.54) is 0 Å². The minimum absolute atomic E-state index is 0.167. The number of amides is 1. The van der Waals surface area contributed by atoms with Crippen LogP contribution < -0.4 is 5.32 Å². The predicted molar refractivity (Wildman–Crippen MR) is 125 cm³/mol. The Labute approximate surface area is 191 Å². The first-order chi connectivity index (χ1) is 16.1. The number of aryl methyl sites for hydroxylation is 2. The first-order valence-electron chi connectivity index (χ1n) is 10.7. The molecule has 0 radical (unpaired) electrons. The van der Waals surface area contributed by atoms with E-state index >= 15 is 0 Å². The molecule has 0 bridgehead atoms. The molecule has 1 unspecified atom stereocenters. The Morgan fingerprint density at radius 1 is 0.939 bits per heavy atom. The van der Waals surface area contributed by atoms with Gasteiger partial charge in [-0.1, -0.05) is 78.4 Å². The molecule has 2 heterocycles. The summed E-state index contributed by atoms with van der Waals surface area (Å²) in [6, 6.07) is 25.7. The van der Waals surface area contributed by atoms with E-state index < -0.39 is 12.3 Å². The summed E-state index contributed by atoms with van der Waals surface area (Å²) >= 11 is 0. The van der Waals surface area contributed by atoms with Crippen LogP contribution in [0.3, 0.4) is 0 Å². The molecule has 1 aromatic heterocycles. The summed E-state index contributed by atoms with van der Waals surface area (Å²) < 4.78 is 7.38. The largest absolute Gasteiger partial charge is 0.445 e. The fraction of sp³-hybridized carbons (Fsp3) is 0.154. The highest BCUT2D eigenvalue weighted by atomic mass is 16.5. The van der Waals surface area contributed by atoms with Gasteiger partial charge in [0.2, 0.25) is 0 Å². The maximum Gasteiger partial charge on any atom is 0.409 e. The third kappa shape index (κ3) is 4.13. The number of carbonyl (C=O) groups excluding carboxylic acids is 1. The Kier molecular flexibility index (Phi) is 5.44. The highest BCUT2D eigenvalue weighted by molar-refractivity contribution is 6.15. The molecule has 1 amide bonds. The lowest BCUT2D eigenvalue weighted by molar-refractivity contribution is 0.135. The average molecular weight is 438 g/mol. The first-order valence-corrected chi connectivity index (χ1v) is 10.7. The smallest absolute Gasteiger partial charge is 0.409 e. The summed E-state index contributed by atoms with van der Waals surface area (Å²) in [5.74, 6) is 1.24. The van der Waals surface area contributed by atoms with Crippen LogP contribution in [-0.2, 0) is 11.3 Å². The third-order valence-electron chi connectivity index (χ3n) is 5.55. The molecular weight excluding hydrogens is 414 g/mol. The monoisotopic (exact) mass is 437 g/mol. The minimum Gasteiger partial charge on any atom is -0.445 e. The first kappa shape index (κ1) is 20.6. The number of fused-ring (bicyclic) bond motifs is 3. The van der Waals surface area contributed by atoms with E-state index in [4.69, 9.17) is 9.73 Å². The second-order valence-electron chi connectivity index (χ2n) is 7.91. The Morgan fingerprint density at radius 2 is 1.67 bits per heavy atom. The van der Waals surface area contributed by atoms with Gasteiger partial charge in [0.05, 0.1) is 11.4 Å². The van der Waals surface area contributed by atoms with Crippen LogP contribution in [0.1, 0.15) is 40.1 Å². The summed E-state index contributed by atoms with van der Waals surface area (Å²) in [7, 11) is 0. The average Bonchev–Trinajstić information content (AvgIpc) is 3.16. The van der Waals surface area contributed by atoms with Crippen LogP contribution in [0.15, 0.2) is 83.9 Å². The maximum absolute atomic E-state index is 12.7. The molecule has 33 heavy (non-hydrogen) atoms. The number of carbonyl (C=O) groups is 1. The molecule has 1 atom stereocenters. The van der Waals surface area contributed by atoms with Gasteiger partial charge in [-0.15, -0.1) is 10.2 Å². The number of nitrogens with one attached hydrogen (secondary N) is 1. The van der Waals surface area contributed by atoms with Gasteiger partial charge in [0.25, 0.3) is 0 Å². The van der Waals surface area contributed by atoms with Crippen molar-refractivity contribution in [2.24, 2.45) is 4.99 Å². The topological polar surface area (TPSA) is 81.4 Å². The van der Waals surface area contributed by atoms with Gasteiger partial charge in [0.1, 0.15) is 12.4 Å². The number of para-hydroxylation sites is 1. The Balaban J connectivity index is 1.54. The quantitative estimate of drug-likeness (QED) is 0.503. The lowest BCUT2D eigenvalue weighted by atomic mass is 9.99. The number of hydrogen-bond donors (Lipinski definition) is 1. The van der Waals surface area contributed by atoms with Crippen molar-refractivity contribution in [3.63, 3.8) is 0 Å². The van der Waals surface area contributed by atoms with Crippen LogP contribution in [0.25, 0.3) is 5.69 Å². The van der Waals surface area contributed by atoms with E-state index in [0.29, 0.717) is 11.6 Å². The number of alkyl carbamates (subject to hydrolysis) is 1. The molecule has 0 saturated carbocycles. The number of ether oxygens (including phenoxy) is 1. The van der Waals surface area contributed by atoms with Gasteiger partial charge in [-0.05, 0) is 25.5 Å². The van der Waals surface area contributed by atoms with Crippen LogP contribution in [0.5, 0.6) is 0 Å². The number of rotatable bonds is 4. The molecule has 0 spiro atoms. The molecule has 5 rings (SSSR count). The van der Waals surface area contributed by atoms with Crippen molar-refractivity contribution in [2.45, 2.75) is 26.6 Å². The molecule has 3 aromatic carbocycles. The van der Waals surface area contributed by atoms with Crippen LogP contribution in [0.2, 0.25) is 0 Å². The van der Waals surface area contributed by atoms with Crippen LogP contribution in [0, 0.1) is 13.8 Å². The van der Waals surface area contributed by atoms with Crippen molar-refractivity contribution >= 4 is 11.8 Å². The van der Waals surface area contributed by atoms with Crippen molar-refractivity contribution in [2.75, 3.05) is 0 Å². The highest BCUT2D eigenvalue weighted by Crippen LogP contribution is 2.29. The number of benzene rings is 3. The zero-order valence-corrected chi connectivity index (χ0v) is 18.4. The number of aliphatic imine (C=N–C) groups is 1. The van der Waals surface area contributed by atoms with Gasteiger partial charge in [-0.25, -0.2) is 4.79 Å². The molecule has 7 nitrogen and oxygen atoms in total. The van der Waals surface area contributed by atoms with Crippen LogP contribution >= 0.6 is 0 Å². The lowest BCUT2D eigenvalue weighted by Gasteiger charge is -2.14. The predicted octanol–water partition coefficient (Wildman–Crippen LogP) is 4.66. The van der Waals surface area contributed by atoms with E-state index in [2.05, 4.69) is 15.5 Å². The van der Waals surface area contributed by atoms with Crippen molar-refractivity contribution in [3.05, 3.63) is 113 Å².